The molecule has 0 fully saturated rings. The number of alkyl halides is 10. The summed E-state index contributed by atoms with van der Waals surface area (Å²) in [4.78, 5) is 0. The Hall–Kier alpha value is -3.08. The van der Waals surface area contributed by atoms with Crippen molar-refractivity contribution >= 4 is 17.8 Å². The van der Waals surface area contributed by atoms with Crippen molar-refractivity contribution in [1.29, 1.82) is 5.26 Å². The van der Waals surface area contributed by atoms with Gasteiger partial charge in [0.05, 0.1) is 7.11 Å². The average molecular weight is 570 g/mol. The second kappa shape index (κ2) is 10.9. The van der Waals surface area contributed by atoms with Crippen molar-refractivity contribution in [3.05, 3.63) is 41.9 Å². The van der Waals surface area contributed by atoms with Crippen LogP contribution in [0.3, 0.4) is 0 Å². The highest BCUT2D eigenvalue weighted by molar-refractivity contribution is 7.95. The molecule has 0 saturated heterocycles. The van der Waals surface area contributed by atoms with Crippen molar-refractivity contribution in [1.82, 2.24) is 0 Å². The normalized spacial score (nSPS) is 15.0. The summed E-state index contributed by atoms with van der Waals surface area (Å²) in [5, 5.41) is 5.43. The monoisotopic (exact) mass is 570 g/mol. The molecular weight excluding hydrogens is 563 g/mol. The minimum atomic E-state index is -7.39. The lowest BCUT2D eigenvalue weighted by molar-refractivity contribution is -0.510. The van der Waals surface area contributed by atoms with Gasteiger partial charge >= 0.3 is 41.6 Å². The van der Waals surface area contributed by atoms with Crippen LogP contribution in [0.1, 0.15) is 5.56 Å². The van der Waals surface area contributed by atoms with Gasteiger partial charge in [-0.15, -0.1) is 0 Å². The second-order valence-electron chi connectivity index (χ2n) is 5.82. The van der Waals surface area contributed by atoms with Gasteiger partial charge in [0, 0.05) is 5.56 Å². The molecule has 1 unspecified atom stereocenters. The molecule has 0 radical (unpaired) electrons. The minimum Gasteiger partial charge on any atom is -0.497 e. The highest BCUT2D eigenvalue weighted by Crippen LogP contribution is 2.54. The van der Waals surface area contributed by atoms with Gasteiger partial charge in [-0.05, 0) is 24.3 Å². The third kappa shape index (κ3) is 6.77. The number of halogens is 13. The van der Waals surface area contributed by atoms with Crippen molar-refractivity contribution in [3.63, 3.8) is 0 Å². The SMILES string of the molecule is COc1ccc(C(C#N)=NOSC(F)(F)C(F)(F)OC(F)(C(F)(F)F)C(F)(F)OC(F)=C(F)F)cc1. The predicted molar refractivity (Wildman–Crippen MR) is 91.1 cm³/mol. The van der Waals surface area contributed by atoms with E-state index in [1.54, 1.807) is 0 Å². The third-order valence-electron chi connectivity index (χ3n) is 3.45. The van der Waals surface area contributed by atoms with Gasteiger partial charge in [0.25, 0.3) is 0 Å². The zero-order valence-electron chi connectivity index (χ0n) is 16.7. The van der Waals surface area contributed by atoms with E-state index < -0.39 is 59.4 Å². The Kier molecular flexibility index (Phi) is 9.37. The lowest BCUT2D eigenvalue weighted by atomic mass is 10.1. The van der Waals surface area contributed by atoms with Crippen LogP contribution < -0.4 is 4.74 Å². The van der Waals surface area contributed by atoms with E-state index in [0.29, 0.717) is 0 Å². The summed E-state index contributed by atoms with van der Waals surface area (Å²) >= 11 is -1.88. The summed E-state index contributed by atoms with van der Waals surface area (Å²) in [6, 6.07) is 2.05. The van der Waals surface area contributed by atoms with E-state index in [4.69, 9.17) is 10.00 Å². The van der Waals surface area contributed by atoms with E-state index >= 15 is 0 Å². The Bertz CT molecular complexity index is 1020. The van der Waals surface area contributed by atoms with Gasteiger partial charge < -0.3 is 13.8 Å². The molecule has 1 aromatic rings. The van der Waals surface area contributed by atoms with Gasteiger partial charge in [-0.1, -0.05) is 5.16 Å². The summed E-state index contributed by atoms with van der Waals surface area (Å²) < 4.78 is 182. The maximum absolute atomic E-state index is 13.9. The first kappa shape index (κ1) is 31.0. The molecule has 0 bridgehead atoms. The average Bonchev–Trinajstić information content (AvgIpc) is 2.75. The van der Waals surface area contributed by atoms with E-state index in [-0.39, 0.29) is 11.3 Å². The van der Waals surface area contributed by atoms with E-state index in [2.05, 4.69) is 14.2 Å². The Labute approximate surface area is 195 Å². The van der Waals surface area contributed by atoms with Gasteiger partial charge in [0.1, 0.15) is 11.8 Å². The molecule has 0 heterocycles. The highest BCUT2D eigenvalue weighted by atomic mass is 32.2. The molecule has 202 valence electrons. The maximum atomic E-state index is 13.9. The van der Waals surface area contributed by atoms with Crippen LogP contribution in [0.2, 0.25) is 0 Å². The van der Waals surface area contributed by atoms with Crippen LogP contribution >= 0.6 is 12.0 Å². The van der Waals surface area contributed by atoms with E-state index in [0.717, 1.165) is 12.1 Å². The van der Waals surface area contributed by atoms with Crippen LogP contribution in [-0.4, -0.2) is 42.3 Å². The van der Waals surface area contributed by atoms with E-state index in [1.165, 1.54) is 25.3 Å². The molecule has 0 N–H and O–H groups in total. The molecule has 1 atom stereocenters. The topological polar surface area (TPSA) is 73.1 Å². The van der Waals surface area contributed by atoms with Crippen LogP contribution in [0, 0.1) is 11.3 Å². The van der Waals surface area contributed by atoms with Crippen molar-refractivity contribution < 1.29 is 75.6 Å². The first-order valence-corrected chi connectivity index (χ1v) is 8.95. The number of rotatable bonds is 11. The lowest BCUT2D eigenvalue weighted by Gasteiger charge is -2.36. The number of hydrogen-bond acceptors (Lipinski definition) is 7. The molecule has 1 aromatic carbocycles. The second-order valence-corrected chi connectivity index (χ2v) is 6.65. The van der Waals surface area contributed by atoms with Gasteiger partial charge in [0.2, 0.25) is 0 Å². The highest BCUT2D eigenvalue weighted by Gasteiger charge is 2.81. The minimum absolute atomic E-state index is 0.183. The molecule has 36 heavy (non-hydrogen) atoms. The number of nitrogens with zero attached hydrogens (tertiary/aromatic N) is 2. The number of oxime groups is 1. The standard InChI is InChI=1S/C16H7F13N2O4S/c1-32-8-4-2-7(3-5-8)9(6-30)31-35-36-16(28,29)15(26,27)34-12(20,13(21,22)23)14(24,25)33-11(19)10(17)18/h2-5H,1H3. The first-order chi connectivity index (χ1) is 16.2. The van der Waals surface area contributed by atoms with E-state index in [9.17, 15) is 57.1 Å². The number of ether oxygens (including phenoxy) is 3. The molecule has 20 heteroatoms. The molecule has 0 aliphatic heterocycles. The van der Waals surface area contributed by atoms with E-state index in [1.807, 2.05) is 4.74 Å². The van der Waals surface area contributed by atoms with Gasteiger partial charge in [-0.3, -0.25) is 4.74 Å². The fraction of sp³-hybridized carbons (Fsp3) is 0.375. The zero-order chi connectivity index (χ0) is 28.2. The first-order valence-electron chi connectivity index (χ1n) is 8.21. The summed E-state index contributed by atoms with van der Waals surface area (Å²) in [5.41, 5.74) is -1.06. The van der Waals surface area contributed by atoms with Crippen molar-refractivity contribution in [3.8, 4) is 11.8 Å². The molecule has 0 spiro atoms. The molecule has 0 aliphatic carbocycles. The molecule has 0 aliphatic rings. The van der Waals surface area contributed by atoms with Gasteiger partial charge in [-0.2, -0.15) is 62.3 Å². The molecule has 0 saturated carbocycles. The fourth-order valence-corrected chi connectivity index (χ4v) is 2.12. The summed E-state index contributed by atoms with van der Waals surface area (Å²) in [7, 11) is 1.25. The van der Waals surface area contributed by atoms with Crippen molar-refractivity contribution in [2.45, 2.75) is 29.5 Å². The molecular formula is C16H7F13N2O4S. The largest absolute Gasteiger partial charge is 0.497 e. The predicted octanol–water partition coefficient (Wildman–Crippen LogP) is 6.66. The van der Waals surface area contributed by atoms with Gasteiger partial charge in [0.15, 0.2) is 17.8 Å². The Morgan fingerprint density at radius 1 is 0.889 bits per heavy atom. The summed E-state index contributed by atoms with van der Waals surface area (Å²) in [5.74, 6) is -7.08. The molecule has 0 aromatic heterocycles. The summed E-state index contributed by atoms with van der Waals surface area (Å²) in [6.07, 6.45) is -25.3. The maximum Gasteiger partial charge on any atom is 0.471 e. The van der Waals surface area contributed by atoms with Crippen LogP contribution in [-0.2, 0) is 13.8 Å². The Balaban J connectivity index is 3.21. The van der Waals surface area contributed by atoms with Gasteiger partial charge in [-0.25, -0.2) is 0 Å². The number of nitriles is 1. The van der Waals surface area contributed by atoms with Crippen LogP contribution in [0.4, 0.5) is 57.1 Å². The van der Waals surface area contributed by atoms with Crippen LogP contribution in [0.25, 0.3) is 0 Å². The molecule has 0 amide bonds. The van der Waals surface area contributed by atoms with Crippen molar-refractivity contribution in [2.75, 3.05) is 7.11 Å². The number of benzene rings is 1. The molecule has 6 nitrogen and oxygen atoms in total. The number of hydrogen-bond donors (Lipinski definition) is 0. The Morgan fingerprint density at radius 3 is 1.83 bits per heavy atom. The fourth-order valence-electron chi connectivity index (χ4n) is 1.77. The molecule has 1 rings (SSSR count). The summed E-state index contributed by atoms with van der Waals surface area (Å²) in [6.45, 7) is 0. The van der Waals surface area contributed by atoms with Crippen molar-refractivity contribution in [2.24, 2.45) is 5.16 Å². The Morgan fingerprint density at radius 2 is 1.42 bits per heavy atom. The van der Waals surface area contributed by atoms with Crippen LogP contribution in [0.5, 0.6) is 5.75 Å². The zero-order valence-corrected chi connectivity index (χ0v) is 17.5. The lowest BCUT2D eigenvalue weighted by Crippen LogP contribution is -2.62. The van der Waals surface area contributed by atoms with Crippen LogP contribution in [0.15, 0.2) is 41.5 Å². The smallest absolute Gasteiger partial charge is 0.471 e. The quantitative estimate of drug-likeness (QED) is 0.0975. The number of methoxy groups -OCH3 is 1. The third-order valence-corrected chi connectivity index (χ3v) is 4.05.